The highest BCUT2D eigenvalue weighted by atomic mass is 32.2. The molecule has 1 atom stereocenters. The van der Waals surface area contributed by atoms with Gasteiger partial charge in [-0.1, -0.05) is 35.9 Å². The third kappa shape index (κ3) is 4.90. The second kappa shape index (κ2) is 9.05. The van der Waals surface area contributed by atoms with Crippen molar-refractivity contribution in [1.82, 2.24) is 9.29 Å². The van der Waals surface area contributed by atoms with E-state index in [4.69, 9.17) is 4.74 Å². The van der Waals surface area contributed by atoms with Gasteiger partial charge in [-0.25, -0.2) is 12.4 Å². The first-order valence-corrected chi connectivity index (χ1v) is 12.9. The molecule has 1 N–H and O–H groups in total. The summed E-state index contributed by atoms with van der Waals surface area (Å²) in [5, 5.41) is 4.33. The van der Waals surface area contributed by atoms with Crippen LogP contribution in [0.2, 0.25) is 0 Å². The average molecular weight is 469 g/mol. The number of carbonyl (C=O) groups excluding carboxylic acids is 1. The van der Waals surface area contributed by atoms with E-state index in [0.29, 0.717) is 37.2 Å². The summed E-state index contributed by atoms with van der Waals surface area (Å²) in [5.41, 5.74) is 3.03. The molecule has 0 unspecified atom stereocenters. The Labute approximate surface area is 196 Å². The highest BCUT2D eigenvalue weighted by Crippen LogP contribution is 2.37. The summed E-state index contributed by atoms with van der Waals surface area (Å²) in [6.07, 6.45) is 1.24. The zero-order valence-electron chi connectivity index (χ0n) is 19.7. The number of Topliss-reactive ketones (excluding diaryl/α,β-unsaturated/α-hetero) is 1. The minimum Gasteiger partial charge on any atom is -0.375 e. The number of benzene rings is 2. The number of nitrogens with zero attached hydrogens (tertiary/aromatic N) is 1. The maximum absolute atomic E-state index is 13.8. The fraction of sp³-hybridized carbons (Fsp3) is 0.423. The predicted molar refractivity (Wildman–Crippen MR) is 130 cm³/mol. The minimum atomic E-state index is -3.84. The van der Waals surface area contributed by atoms with Gasteiger partial charge in [-0.2, -0.15) is 0 Å². The Morgan fingerprint density at radius 3 is 2.52 bits per heavy atom. The third-order valence-electron chi connectivity index (χ3n) is 5.98. The quantitative estimate of drug-likeness (QED) is 0.551. The van der Waals surface area contributed by atoms with Gasteiger partial charge >= 0.3 is 0 Å². The summed E-state index contributed by atoms with van der Waals surface area (Å²) in [6.45, 7) is 8.86. The number of aromatic nitrogens is 1. The van der Waals surface area contributed by atoms with E-state index in [1.807, 2.05) is 52.0 Å². The normalized spacial score (nSPS) is 16.7. The van der Waals surface area contributed by atoms with E-state index in [9.17, 15) is 13.2 Å². The summed E-state index contributed by atoms with van der Waals surface area (Å²) in [7, 11) is -3.84. The van der Waals surface area contributed by atoms with Crippen LogP contribution in [0.5, 0.6) is 0 Å². The van der Waals surface area contributed by atoms with E-state index in [1.165, 1.54) is 3.97 Å². The van der Waals surface area contributed by atoms with Crippen molar-refractivity contribution in [3.63, 3.8) is 0 Å². The van der Waals surface area contributed by atoms with Crippen LogP contribution in [-0.2, 0) is 26.0 Å². The molecule has 0 saturated heterocycles. The van der Waals surface area contributed by atoms with Crippen LogP contribution in [0, 0.1) is 6.92 Å². The number of hydrogen-bond acceptors (Lipinski definition) is 5. The number of hydrogen-bond donors (Lipinski definition) is 1. The van der Waals surface area contributed by atoms with Crippen molar-refractivity contribution in [3.05, 3.63) is 65.4 Å². The number of ether oxygens (including phenoxy) is 1. The number of para-hydroxylation sites is 1. The second-order valence-corrected chi connectivity index (χ2v) is 11.5. The zero-order valence-corrected chi connectivity index (χ0v) is 20.5. The Balaban J connectivity index is 1.75. The molecule has 1 aliphatic heterocycles. The van der Waals surface area contributed by atoms with Crippen molar-refractivity contribution in [2.45, 2.75) is 63.5 Å². The van der Waals surface area contributed by atoms with Gasteiger partial charge in [0.25, 0.3) is 10.0 Å². The lowest BCUT2D eigenvalue weighted by Crippen LogP contribution is -2.34. The first-order valence-electron chi connectivity index (χ1n) is 11.4. The molecule has 176 valence electrons. The highest BCUT2D eigenvalue weighted by Gasteiger charge is 2.33. The van der Waals surface area contributed by atoms with Gasteiger partial charge in [0.15, 0.2) is 0 Å². The van der Waals surface area contributed by atoms with Gasteiger partial charge in [0, 0.05) is 18.2 Å². The van der Waals surface area contributed by atoms with Crippen molar-refractivity contribution in [2.24, 2.45) is 0 Å². The Bertz CT molecular complexity index is 1270. The highest BCUT2D eigenvalue weighted by molar-refractivity contribution is 7.90. The molecule has 0 fully saturated rings. The van der Waals surface area contributed by atoms with E-state index in [1.54, 1.807) is 24.3 Å². The van der Waals surface area contributed by atoms with Crippen LogP contribution in [0.15, 0.2) is 53.4 Å². The molecule has 4 rings (SSSR count). The van der Waals surface area contributed by atoms with E-state index in [0.717, 1.165) is 16.5 Å². The lowest BCUT2D eigenvalue weighted by atomic mass is 9.95. The SMILES string of the molecule is Cc1ccc(S(=O)(=O)n2c3c(c4ccccc42)CCN[C@@H]3CC(=O)CCOC(C)(C)C)cc1. The summed E-state index contributed by atoms with van der Waals surface area (Å²) in [6, 6.07) is 14.1. The van der Waals surface area contributed by atoms with Gasteiger partial charge in [-0.3, -0.25) is 4.79 Å². The fourth-order valence-electron chi connectivity index (χ4n) is 4.42. The van der Waals surface area contributed by atoms with E-state index < -0.39 is 10.0 Å². The van der Waals surface area contributed by atoms with E-state index in [-0.39, 0.29) is 28.7 Å². The van der Waals surface area contributed by atoms with Gasteiger partial charge in [0.2, 0.25) is 0 Å². The minimum absolute atomic E-state index is 0.0501. The molecular formula is C26H32N2O4S. The molecule has 0 bridgehead atoms. The molecule has 2 aromatic carbocycles. The molecule has 2 heterocycles. The molecule has 6 nitrogen and oxygen atoms in total. The van der Waals surface area contributed by atoms with Crippen molar-refractivity contribution in [3.8, 4) is 0 Å². The van der Waals surface area contributed by atoms with Gasteiger partial charge in [0.1, 0.15) is 5.78 Å². The molecule has 1 aromatic heterocycles. The van der Waals surface area contributed by atoms with Crippen LogP contribution >= 0.6 is 0 Å². The summed E-state index contributed by atoms with van der Waals surface area (Å²) < 4.78 is 34.8. The summed E-state index contributed by atoms with van der Waals surface area (Å²) in [4.78, 5) is 13.1. The fourth-order valence-corrected chi connectivity index (χ4v) is 6.03. The molecule has 33 heavy (non-hydrogen) atoms. The van der Waals surface area contributed by atoms with E-state index >= 15 is 0 Å². The number of ketones is 1. The first-order chi connectivity index (χ1) is 15.6. The number of fused-ring (bicyclic) bond motifs is 3. The lowest BCUT2D eigenvalue weighted by molar-refractivity contribution is -0.121. The average Bonchev–Trinajstić information content (AvgIpc) is 3.09. The molecule has 3 aromatic rings. The largest absolute Gasteiger partial charge is 0.375 e. The van der Waals surface area contributed by atoms with Crippen molar-refractivity contribution < 1.29 is 17.9 Å². The maximum Gasteiger partial charge on any atom is 0.268 e. The van der Waals surface area contributed by atoms with Gasteiger partial charge < -0.3 is 10.1 Å². The third-order valence-corrected chi connectivity index (χ3v) is 7.72. The molecule has 0 aliphatic carbocycles. The molecule has 0 saturated carbocycles. The Hall–Kier alpha value is -2.48. The molecule has 0 radical (unpaired) electrons. The van der Waals surface area contributed by atoms with Crippen LogP contribution < -0.4 is 5.32 Å². The van der Waals surface area contributed by atoms with Crippen molar-refractivity contribution in [2.75, 3.05) is 13.2 Å². The van der Waals surface area contributed by atoms with Crippen LogP contribution in [0.4, 0.5) is 0 Å². The molecular weight excluding hydrogens is 436 g/mol. The van der Waals surface area contributed by atoms with Crippen LogP contribution in [0.25, 0.3) is 10.9 Å². The molecule has 0 amide bonds. The first kappa shape index (κ1) is 23.7. The maximum atomic E-state index is 13.8. The van der Waals surface area contributed by atoms with Crippen molar-refractivity contribution in [1.29, 1.82) is 0 Å². The van der Waals surface area contributed by atoms with Gasteiger partial charge in [0.05, 0.1) is 34.4 Å². The summed E-state index contributed by atoms with van der Waals surface area (Å²) in [5.74, 6) is 0.0501. The molecule has 0 spiro atoms. The number of rotatable bonds is 7. The number of carbonyl (C=O) groups is 1. The topological polar surface area (TPSA) is 77.4 Å². The number of aryl methyl sites for hydroxylation is 1. The Kier molecular flexibility index (Phi) is 6.49. The van der Waals surface area contributed by atoms with Crippen LogP contribution in [0.1, 0.15) is 56.5 Å². The van der Waals surface area contributed by atoms with Crippen molar-refractivity contribution >= 4 is 26.7 Å². The molecule has 1 aliphatic rings. The predicted octanol–water partition coefficient (Wildman–Crippen LogP) is 4.54. The van der Waals surface area contributed by atoms with E-state index in [2.05, 4.69) is 5.32 Å². The Morgan fingerprint density at radius 1 is 1.12 bits per heavy atom. The van der Waals surface area contributed by atoms with Crippen LogP contribution in [0.3, 0.4) is 0 Å². The smallest absolute Gasteiger partial charge is 0.268 e. The van der Waals surface area contributed by atoms with Crippen LogP contribution in [-0.4, -0.2) is 36.9 Å². The monoisotopic (exact) mass is 468 g/mol. The van der Waals surface area contributed by atoms with Gasteiger partial charge in [-0.15, -0.1) is 0 Å². The number of nitrogens with one attached hydrogen (secondary N) is 1. The summed E-state index contributed by atoms with van der Waals surface area (Å²) >= 11 is 0. The Morgan fingerprint density at radius 2 is 1.82 bits per heavy atom. The standard InChI is InChI=1S/C26H32N2O4S/c1-18-9-11-20(12-10-18)33(30,31)28-24-8-6-5-7-21(24)22-13-15-27-23(25(22)28)17-19(29)14-16-32-26(2,3)4/h5-12,23,27H,13-17H2,1-4H3/t23-/m1/s1. The zero-order chi connectivity index (χ0) is 23.8. The van der Waals surface area contributed by atoms with Gasteiger partial charge in [-0.05, 0) is 64.4 Å². The lowest BCUT2D eigenvalue weighted by Gasteiger charge is -2.27. The molecule has 7 heteroatoms. The second-order valence-electron chi connectivity index (χ2n) is 9.67.